The highest BCUT2D eigenvalue weighted by atomic mass is 32.3. The molecular formula is C17H27B3S. The first kappa shape index (κ1) is 16.6. The van der Waals surface area contributed by atoms with E-state index in [-0.39, 0.29) is 9.96 Å². The van der Waals surface area contributed by atoms with Crippen molar-refractivity contribution in [1.29, 1.82) is 0 Å². The van der Waals surface area contributed by atoms with Gasteiger partial charge in [-0.3, -0.25) is 0 Å². The third-order valence-corrected chi connectivity index (χ3v) is 10.6. The smallest absolute Gasteiger partial charge is 0.163 e. The summed E-state index contributed by atoms with van der Waals surface area (Å²) in [5, 5.41) is 0. The highest BCUT2D eigenvalue weighted by Crippen LogP contribution is 2.69. The molecule has 21 heavy (non-hydrogen) atoms. The molecule has 0 amide bonds. The molecule has 2 rings (SSSR count). The van der Waals surface area contributed by atoms with E-state index in [1.807, 2.05) is 0 Å². The summed E-state index contributed by atoms with van der Waals surface area (Å²) in [5.41, 5.74) is 0.249. The average molecular weight is 296 g/mol. The van der Waals surface area contributed by atoms with E-state index in [1.165, 1.54) is 17.7 Å². The minimum atomic E-state index is -1.08. The van der Waals surface area contributed by atoms with Crippen LogP contribution >= 0.6 is 9.88 Å². The summed E-state index contributed by atoms with van der Waals surface area (Å²) in [5.74, 6) is 0. The Hall–Kier alpha value is -0.755. The van der Waals surface area contributed by atoms with Gasteiger partial charge in [-0.1, -0.05) is 73.9 Å². The first-order valence-corrected chi connectivity index (χ1v) is 9.95. The van der Waals surface area contributed by atoms with Crippen molar-refractivity contribution in [3.8, 4) is 0 Å². The van der Waals surface area contributed by atoms with E-state index in [0.717, 1.165) is 0 Å². The molecular weight excluding hydrogens is 269 g/mol. The number of rotatable bonds is 3. The fourth-order valence-electron chi connectivity index (χ4n) is 2.92. The number of allylic oxidation sites excluding steroid dienone is 3. The molecule has 0 saturated carbocycles. The fourth-order valence-corrected chi connectivity index (χ4v) is 7.12. The van der Waals surface area contributed by atoms with Crippen LogP contribution in [0.4, 0.5) is 0 Å². The SMILES string of the molecule is BC(B)(C(C)(C)C)S(B)(C1=CCCC=C1)c1ccccc1. The standard InChI is InChI=1S/C17H27B3S/c1-16(2,3)17(18,19)21(20,14-10-6-4-7-11-14)15-12-8-5-9-13-15/h4,6-8,10-13H,5,9,18-20H2,1-3H3. The topological polar surface area (TPSA) is 0 Å². The van der Waals surface area contributed by atoms with Crippen LogP contribution in [0.5, 0.6) is 0 Å². The van der Waals surface area contributed by atoms with Crippen LogP contribution in [-0.4, -0.2) is 27.4 Å². The van der Waals surface area contributed by atoms with Crippen LogP contribution in [-0.2, 0) is 0 Å². The highest BCUT2D eigenvalue weighted by Gasteiger charge is 2.46. The van der Waals surface area contributed by atoms with E-state index in [1.54, 1.807) is 4.91 Å². The van der Waals surface area contributed by atoms with Crippen molar-refractivity contribution in [3.63, 3.8) is 0 Å². The summed E-state index contributed by atoms with van der Waals surface area (Å²) >= 11 is 0. The van der Waals surface area contributed by atoms with Crippen LogP contribution in [0.2, 0.25) is 0 Å². The first-order valence-electron chi connectivity index (χ1n) is 7.91. The first-order chi connectivity index (χ1) is 9.71. The van der Waals surface area contributed by atoms with Gasteiger partial charge in [-0.25, -0.2) is 9.88 Å². The molecule has 0 aromatic heterocycles. The van der Waals surface area contributed by atoms with E-state index in [2.05, 4.69) is 92.1 Å². The zero-order valence-electron chi connectivity index (χ0n) is 14.4. The molecule has 0 bridgehead atoms. The van der Waals surface area contributed by atoms with E-state index >= 15 is 0 Å². The lowest BCUT2D eigenvalue weighted by Gasteiger charge is -2.59. The molecule has 0 aliphatic heterocycles. The Morgan fingerprint density at radius 1 is 1.00 bits per heavy atom. The van der Waals surface area contributed by atoms with Gasteiger partial charge in [-0.2, -0.15) is 0 Å². The van der Waals surface area contributed by atoms with Crippen molar-refractivity contribution < 1.29 is 0 Å². The van der Waals surface area contributed by atoms with Gasteiger partial charge in [-0.15, -0.1) is 0 Å². The van der Waals surface area contributed by atoms with Crippen molar-refractivity contribution in [2.45, 2.75) is 43.1 Å². The number of benzene rings is 1. The maximum absolute atomic E-state index is 2.51. The van der Waals surface area contributed by atoms with Crippen molar-refractivity contribution >= 4 is 32.7 Å². The van der Waals surface area contributed by atoms with Crippen LogP contribution in [0.15, 0.2) is 58.4 Å². The molecule has 0 spiro atoms. The zero-order chi connectivity index (χ0) is 15.7. The van der Waals surface area contributed by atoms with E-state index < -0.39 is 9.88 Å². The molecule has 0 N–H and O–H groups in total. The van der Waals surface area contributed by atoms with Crippen LogP contribution in [0.3, 0.4) is 0 Å². The Labute approximate surface area is 134 Å². The van der Waals surface area contributed by atoms with Crippen molar-refractivity contribution in [3.05, 3.63) is 53.5 Å². The molecule has 1 atom stereocenters. The quantitative estimate of drug-likeness (QED) is 0.752. The summed E-state index contributed by atoms with van der Waals surface area (Å²) in [6.07, 6.45) is 9.59. The van der Waals surface area contributed by atoms with Crippen LogP contribution < -0.4 is 0 Å². The van der Waals surface area contributed by atoms with E-state index in [9.17, 15) is 0 Å². The van der Waals surface area contributed by atoms with Crippen molar-refractivity contribution in [2.75, 3.05) is 0 Å². The minimum absolute atomic E-state index is 0.217. The third-order valence-electron chi connectivity index (χ3n) is 5.47. The average Bonchev–Trinajstić information content (AvgIpc) is 2.47. The lowest BCUT2D eigenvalue weighted by molar-refractivity contribution is 0.425. The van der Waals surface area contributed by atoms with Crippen LogP contribution in [0.1, 0.15) is 33.6 Å². The zero-order valence-corrected chi connectivity index (χ0v) is 15.3. The Morgan fingerprint density at radius 3 is 2.10 bits per heavy atom. The Morgan fingerprint density at radius 2 is 1.62 bits per heavy atom. The Kier molecular flexibility index (Phi) is 4.59. The largest absolute Gasteiger partial charge is 0.234 e. The lowest BCUT2D eigenvalue weighted by atomic mass is 9.56. The summed E-state index contributed by atoms with van der Waals surface area (Å²) in [6.45, 7) is 7.15. The second-order valence-corrected chi connectivity index (χ2v) is 11.4. The Bertz CT molecular complexity index is 555. The molecule has 0 heterocycles. The van der Waals surface area contributed by atoms with Gasteiger partial charge in [-0.05, 0) is 28.1 Å². The normalized spacial score (nSPS) is 20.4. The highest BCUT2D eigenvalue weighted by molar-refractivity contribution is 8.54. The van der Waals surface area contributed by atoms with Gasteiger partial charge in [0.1, 0.15) is 15.7 Å². The van der Waals surface area contributed by atoms with Crippen LogP contribution in [0.25, 0.3) is 0 Å². The molecule has 4 heteroatoms. The molecule has 1 unspecified atom stereocenters. The van der Waals surface area contributed by atoms with Gasteiger partial charge in [0.15, 0.2) is 7.12 Å². The van der Waals surface area contributed by atoms with Gasteiger partial charge in [0.2, 0.25) is 0 Å². The molecule has 0 nitrogen and oxygen atoms in total. The van der Waals surface area contributed by atoms with E-state index in [0.29, 0.717) is 0 Å². The molecule has 0 fully saturated rings. The molecule has 1 aromatic carbocycles. The second-order valence-electron chi connectivity index (χ2n) is 7.58. The predicted molar refractivity (Wildman–Crippen MR) is 107 cm³/mol. The van der Waals surface area contributed by atoms with Gasteiger partial charge in [0.05, 0.1) is 0 Å². The van der Waals surface area contributed by atoms with Gasteiger partial charge in [0, 0.05) is 0 Å². The lowest BCUT2D eigenvalue weighted by Crippen LogP contribution is -2.49. The van der Waals surface area contributed by atoms with Gasteiger partial charge < -0.3 is 0 Å². The molecule has 110 valence electrons. The van der Waals surface area contributed by atoms with Crippen LogP contribution in [0, 0.1) is 5.41 Å². The monoisotopic (exact) mass is 296 g/mol. The minimum Gasteiger partial charge on any atom is -0.234 e. The van der Waals surface area contributed by atoms with E-state index in [4.69, 9.17) is 0 Å². The van der Waals surface area contributed by atoms with Gasteiger partial charge >= 0.3 is 0 Å². The van der Waals surface area contributed by atoms with Gasteiger partial charge in [0.25, 0.3) is 0 Å². The van der Waals surface area contributed by atoms with Crippen molar-refractivity contribution in [1.82, 2.24) is 0 Å². The molecule has 1 aliphatic carbocycles. The number of hydrogen-bond donors (Lipinski definition) is 0. The predicted octanol–water partition coefficient (Wildman–Crippen LogP) is 2.60. The third kappa shape index (κ3) is 2.80. The second kappa shape index (κ2) is 5.80. The number of hydrogen-bond acceptors (Lipinski definition) is 0. The molecule has 1 aromatic rings. The summed E-state index contributed by atoms with van der Waals surface area (Å²) in [4.78, 5) is 3.06. The molecule has 0 radical (unpaired) electrons. The molecule has 1 aliphatic rings. The van der Waals surface area contributed by atoms with Crippen molar-refractivity contribution in [2.24, 2.45) is 5.41 Å². The fraction of sp³-hybridized carbons (Fsp3) is 0.412. The summed E-state index contributed by atoms with van der Waals surface area (Å²) in [6, 6.07) is 11.1. The summed E-state index contributed by atoms with van der Waals surface area (Å²) < 4.78 is 0.217. The Balaban J connectivity index is 2.66. The summed E-state index contributed by atoms with van der Waals surface area (Å²) in [7, 11) is 6.34. The molecule has 0 saturated heterocycles. The maximum atomic E-state index is 2.51. The maximum Gasteiger partial charge on any atom is 0.163 e.